The third kappa shape index (κ3) is 3.88. The average molecular weight is 140 g/mol. The fourth-order valence-corrected chi connectivity index (χ4v) is 0.251. The van der Waals surface area contributed by atoms with Crippen molar-refractivity contribution in [3.8, 4) is 0 Å². The highest BCUT2D eigenvalue weighted by Crippen LogP contribution is 2.11. The molecule has 0 saturated heterocycles. The van der Waals surface area contributed by atoms with Crippen LogP contribution in [0.15, 0.2) is 12.1 Å². The molecule has 0 amide bonds. The predicted molar refractivity (Wildman–Crippen MR) is 26.6 cm³/mol. The van der Waals surface area contributed by atoms with Crippen molar-refractivity contribution >= 4 is 0 Å². The first-order valence-corrected chi connectivity index (χ1v) is 2.41. The van der Waals surface area contributed by atoms with Crippen molar-refractivity contribution in [1.82, 2.24) is 0 Å². The third-order valence-corrected chi connectivity index (χ3v) is 0.488. The Morgan fingerprint density at radius 1 is 1.22 bits per heavy atom. The summed E-state index contributed by atoms with van der Waals surface area (Å²) in [4.78, 5) is 0. The summed E-state index contributed by atoms with van der Waals surface area (Å²) in [5.41, 5.74) is 0. The fraction of sp³-hybridized carbons (Fsp3) is 0.600. The highest BCUT2D eigenvalue weighted by molar-refractivity contribution is 4.80. The molecule has 1 nitrogen and oxygen atoms in total. The van der Waals surface area contributed by atoms with Crippen molar-refractivity contribution in [2.75, 3.05) is 0 Å². The van der Waals surface area contributed by atoms with Gasteiger partial charge in [0, 0.05) is 0 Å². The minimum Gasteiger partial charge on any atom is -0.464 e. The van der Waals surface area contributed by atoms with Gasteiger partial charge in [-0.1, -0.05) is 0 Å². The first-order chi connectivity index (χ1) is 4.04. The molecular weight excluding hydrogens is 133 g/mol. The van der Waals surface area contributed by atoms with Crippen LogP contribution < -0.4 is 0 Å². The fourth-order valence-electron chi connectivity index (χ4n) is 0.251. The van der Waals surface area contributed by atoms with Crippen LogP contribution in [-0.2, 0) is 4.74 Å². The van der Waals surface area contributed by atoms with Crippen molar-refractivity contribution < 1.29 is 17.9 Å². The van der Waals surface area contributed by atoms with Gasteiger partial charge in [0.05, 0.1) is 6.10 Å². The zero-order chi connectivity index (χ0) is 7.44. The van der Waals surface area contributed by atoms with E-state index in [1.807, 2.05) is 0 Å². The molecule has 0 spiro atoms. The van der Waals surface area contributed by atoms with Gasteiger partial charge in [-0.15, -0.1) is 0 Å². The minimum absolute atomic E-state index is 0.550. The SMILES string of the molecule is CC(C)OC(F)=C(F)F. The molecule has 0 N–H and O–H groups in total. The van der Waals surface area contributed by atoms with Crippen molar-refractivity contribution in [3.63, 3.8) is 0 Å². The van der Waals surface area contributed by atoms with Crippen LogP contribution in [0, 0.1) is 0 Å². The maximum atomic E-state index is 11.7. The lowest BCUT2D eigenvalue weighted by Gasteiger charge is -2.03. The van der Waals surface area contributed by atoms with Gasteiger partial charge in [0.1, 0.15) is 0 Å². The van der Waals surface area contributed by atoms with Gasteiger partial charge in [0.25, 0.3) is 0 Å². The molecule has 0 aromatic rings. The molecule has 4 heteroatoms. The third-order valence-electron chi connectivity index (χ3n) is 0.488. The zero-order valence-electron chi connectivity index (χ0n) is 5.12. The smallest absolute Gasteiger partial charge is 0.342 e. The van der Waals surface area contributed by atoms with Gasteiger partial charge in [-0.05, 0) is 13.8 Å². The van der Waals surface area contributed by atoms with E-state index in [2.05, 4.69) is 4.74 Å². The van der Waals surface area contributed by atoms with Gasteiger partial charge in [0.15, 0.2) is 0 Å². The van der Waals surface area contributed by atoms with Gasteiger partial charge in [-0.2, -0.15) is 13.2 Å². The highest BCUT2D eigenvalue weighted by atomic mass is 19.3. The molecule has 54 valence electrons. The largest absolute Gasteiger partial charge is 0.464 e. The second-order valence-corrected chi connectivity index (χ2v) is 1.70. The van der Waals surface area contributed by atoms with Gasteiger partial charge in [-0.3, -0.25) is 0 Å². The summed E-state index contributed by atoms with van der Waals surface area (Å²) >= 11 is 0. The maximum Gasteiger partial charge on any atom is 0.342 e. The molecule has 0 radical (unpaired) electrons. The summed E-state index contributed by atoms with van der Waals surface area (Å²) in [7, 11) is 0. The summed E-state index contributed by atoms with van der Waals surface area (Å²) in [5, 5.41) is 0. The summed E-state index contributed by atoms with van der Waals surface area (Å²) in [6.45, 7) is 2.92. The summed E-state index contributed by atoms with van der Waals surface area (Å²) in [6.07, 6.45) is -2.96. The molecule has 0 bridgehead atoms. The van der Waals surface area contributed by atoms with Crippen molar-refractivity contribution in [3.05, 3.63) is 12.1 Å². The second-order valence-electron chi connectivity index (χ2n) is 1.70. The Morgan fingerprint density at radius 2 is 1.67 bits per heavy atom. The molecule has 0 unspecified atom stereocenters. The van der Waals surface area contributed by atoms with Crippen LogP contribution in [-0.4, -0.2) is 6.10 Å². The lowest BCUT2D eigenvalue weighted by Crippen LogP contribution is -1.99. The molecule has 0 atom stereocenters. The van der Waals surface area contributed by atoms with Crippen LogP contribution in [0.25, 0.3) is 0 Å². The molecule has 0 heterocycles. The molecule has 0 aromatic carbocycles. The summed E-state index contributed by atoms with van der Waals surface area (Å²) in [5.74, 6) is 0. The monoisotopic (exact) mass is 140 g/mol. The van der Waals surface area contributed by atoms with Gasteiger partial charge >= 0.3 is 12.1 Å². The average Bonchev–Trinajstić information content (AvgIpc) is 1.63. The Labute approximate surface area is 51.1 Å². The molecule has 0 fully saturated rings. The van der Waals surface area contributed by atoms with Crippen LogP contribution in [0.5, 0.6) is 0 Å². The van der Waals surface area contributed by atoms with E-state index in [4.69, 9.17) is 0 Å². The molecule has 0 aliphatic heterocycles. The lowest BCUT2D eigenvalue weighted by molar-refractivity contribution is 0.0740. The first kappa shape index (κ1) is 8.33. The Bertz CT molecular complexity index is 115. The van der Waals surface area contributed by atoms with Crippen LogP contribution in [0.4, 0.5) is 13.2 Å². The Morgan fingerprint density at radius 3 is 1.78 bits per heavy atom. The standard InChI is InChI=1S/C5H7F3O/c1-3(2)9-5(8)4(6)7/h3H,1-2H3. The quantitative estimate of drug-likeness (QED) is 0.535. The Balaban J connectivity index is 3.77. The van der Waals surface area contributed by atoms with Crippen molar-refractivity contribution in [1.29, 1.82) is 0 Å². The van der Waals surface area contributed by atoms with Crippen LogP contribution in [0.1, 0.15) is 13.8 Å². The summed E-state index contributed by atoms with van der Waals surface area (Å²) in [6, 6.07) is -1.79. The predicted octanol–water partition coefficient (Wildman–Crippen LogP) is 2.45. The van der Waals surface area contributed by atoms with E-state index in [0.29, 0.717) is 0 Å². The number of rotatable bonds is 2. The molecule has 0 aromatic heterocycles. The van der Waals surface area contributed by atoms with Gasteiger partial charge in [-0.25, -0.2) is 0 Å². The van der Waals surface area contributed by atoms with E-state index in [1.54, 1.807) is 0 Å². The Kier molecular flexibility index (Phi) is 3.12. The van der Waals surface area contributed by atoms with E-state index >= 15 is 0 Å². The normalized spacial score (nSPS) is 9.56. The first-order valence-electron chi connectivity index (χ1n) is 2.41. The molecule has 0 aliphatic rings. The number of hydrogen-bond acceptors (Lipinski definition) is 1. The number of hydrogen-bond donors (Lipinski definition) is 0. The number of halogens is 3. The van der Waals surface area contributed by atoms with Gasteiger partial charge in [0.2, 0.25) is 0 Å². The molecular formula is C5H7F3O. The van der Waals surface area contributed by atoms with E-state index in [9.17, 15) is 13.2 Å². The molecule has 0 aliphatic carbocycles. The summed E-state index contributed by atoms with van der Waals surface area (Å²) < 4.78 is 38.0. The van der Waals surface area contributed by atoms with Crippen LogP contribution >= 0.6 is 0 Å². The molecule has 0 saturated carbocycles. The zero-order valence-corrected chi connectivity index (χ0v) is 5.12. The molecule has 0 rings (SSSR count). The topological polar surface area (TPSA) is 9.23 Å². The second kappa shape index (κ2) is 3.37. The minimum atomic E-state index is -2.41. The van der Waals surface area contributed by atoms with E-state index < -0.39 is 18.2 Å². The maximum absolute atomic E-state index is 11.7. The van der Waals surface area contributed by atoms with E-state index in [-0.39, 0.29) is 0 Å². The number of ether oxygens (including phenoxy) is 1. The molecule has 9 heavy (non-hydrogen) atoms. The highest BCUT2D eigenvalue weighted by Gasteiger charge is 2.06. The van der Waals surface area contributed by atoms with Crippen molar-refractivity contribution in [2.45, 2.75) is 20.0 Å². The Hall–Kier alpha value is -0.670. The van der Waals surface area contributed by atoms with Gasteiger partial charge < -0.3 is 4.74 Å². The van der Waals surface area contributed by atoms with E-state index in [1.165, 1.54) is 13.8 Å². The van der Waals surface area contributed by atoms with Crippen molar-refractivity contribution in [2.24, 2.45) is 0 Å². The van der Waals surface area contributed by atoms with Crippen LogP contribution in [0.3, 0.4) is 0 Å². The van der Waals surface area contributed by atoms with E-state index in [0.717, 1.165) is 0 Å². The lowest BCUT2D eigenvalue weighted by atomic mass is 10.5. The van der Waals surface area contributed by atoms with Crippen LogP contribution in [0.2, 0.25) is 0 Å².